The van der Waals surface area contributed by atoms with E-state index in [1.165, 1.54) is 6.42 Å². The Morgan fingerprint density at radius 2 is 1.74 bits per heavy atom. The van der Waals surface area contributed by atoms with Crippen LogP contribution in [0.4, 0.5) is 5.82 Å². The second-order valence-electron chi connectivity index (χ2n) is 6.18. The highest BCUT2D eigenvalue weighted by atomic mass is 16.2. The molecule has 1 aromatic rings. The minimum Gasteiger partial charge on any atom is -0.328 e. The van der Waals surface area contributed by atoms with Gasteiger partial charge in [0.2, 0.25) is 5.91 Å². The third-order valence-electron chi connectivity index (χ3n) is 4.61. The lowest BCUT2D eigenvalue weighted by molar-refractivity contribution is -0.125. The summed E-state index contributed by atoms with van der Waals surface area (Å²) in [4.78, 5) is 19.9. The fraction of sp³-hybridized carbons (Fsp3) is 0.529. The molecule has 0 spiro atoms. The molecule has 1 aromatic heterocycles. The molecule has 2 aliphatic rings. The fourth-order valence-corrected chi connectivity index (χ4v) is 3.35. The Hall–Kier alpha value is -2.60. The van der Waals surface area contributed by atoms with Crippen LogP contribution in [-0.2, 0) is 17.6 Å². The van der Waals surface area contributed by atoms with E-state index >= 15 is 0 Å². The van der Waals surface area contributed by atoms with Crippen LogP contribution in [0.3, 0.4) is 0 Å². The molecule has 0 unspecified atom stereocenters. The van der Waals surface area contributed by atoms with Crippen molar-refractivity contribution in [2.24, 2.45) is 0 Å². The maximum absolute atomic E-state index is 11.8. The number of nitriles is 2. The minimum absolute atomic E-state index is 0.000871. The molecule has 1 amide bonds. The zero-order valence-electron chi connectivity index (χ0n) is 13.3. The van der Waals surface area contributed by atoms with Crippen molar-refractivity contribution in [2.45, 2.75) is 38.5 Å². The third-order valence-corrected chi connectivity index (χ3v) is 4.61. The van der Waals surface area contributed by atoms with Gasteiger partial charge in [0.05, 0.1) is 12.2 Å². The molecule has 6 nitrogen and oxygen atoms in total. The highest BCUT2D eigenvalue weighted by molar-refractivity contribution is 5.85. The summed E-state index contributed by atoms with van der Waals surface area (Å²) in [6.07, 6.45) is 6.04. The summed E-state index contributed by atoms with van der Waals surface area (Å²) >= 11 is 0. The van der Waals surface area contributed by atoms with Crippen LogP contribution in [0.5, 0.6) is 0 Å². The van der Waals surface area contributed by atoms with Crippen LogP contribution < -0.4 is 4.90 Å². The average Bonchev–Trinajstić information content (AvgIpc) is 2.85. The van der Waals surface area contributed by atoms with E-state index in [4.69, 9.17) is 4.98 Å². The molecule has 0 aromatic carbocycles. The number of hydrogen-bond donors (Lipinski definition) is 0. The van der Waals surface area contributed by atoms with Crippen molar-refractivity contribution in [2.75, 3.05) is 25.2 Å². The van der Waals surface area contributed by atoms with Crippen LogP contribution in [0.1, 0.15) is 48.1 Å². The molecule has 1 aliphatic heterocycles. The Morgan fingerprint density at radius 1 is 1.04 bits per heavy atom. The molecule has 0 saturated carbocycles. The molecule has 1 aliphatic carbocycles. The van der Waals surface area contributed by atoms with Gasteiger partial charge in [-0.3, -0.25) is 4.79 Å². The summed E-state index contributed by atoms with van der Waals surface area (Å²) in [5, 5.41) is 19.2. The standard InChI is InChI=1S/C17H19N5O/c1-21-11-22(10-16(21)23)17-14(9-19)13(8-18)12-6-4-2-3-5-7-15(12)20-17/h2-7,10-11H2,1H3. The molecule has 3 rings (SSSR count). The number of hydrogen-bond acceptors (Lipinski definition) is 5. The van der Waals surface area contributed by atoms with Gasteiger partial charge in [0.1, 0.15) is 30.1 Å². The molecule has 0 bridgehead atoms. The van der Waals surface area contributed by atoms with Crippen LogP contribution in [0, 0.1) is 22.7 Å². The van der Waals surface area contributed by atoms with E-state index in [1.54, 1.807) is 16.8 Å². The largest absolute Gasteiger partial charge is 0.328 e. The number of carbonyl (C=O) groups excluding carboxylic acids is 1. The second kappa shape index (κ2) is 6.26. The number of likely N-dealkylation sites (N-methyl/N-ethyl adjacent to an activating group) is 1. The van der Waals surface area contributed by atoms with Crippen molar-refractivity contribution >= 4 is 11.7 Å². The van der Waals surface area contributed by atoms with Crippen molar-refractivity contribution in [3.63, 3.8) is 0 Å². The number of aryl methyl sites for hydroxylation is 1. The quantitative estimate of drug-likeness (QED) is 0.788. The number of amides is 1. The van der Waals surface area contributed by atoms with E-state index in [2.05, 4.69) is 12.1 Å². The van der Waals surface area contributed by atoms with Crippen molar-refractivity contribution < 1.29 is 4.79 Å². The van der Waals surface area contributed by atoms with Gasteiger partial charge < -0.3 is 9.80 Å². The predicted octanol–water partition coefficient (Wildman–Crippen LogP) is 1.72. The first-order valence-electron chi connectivity index (χ1n) is 8.00. The van der Waals surface area contributed by atoms with Crippen molar-refractivity contribution in [1.82, 2.24) is 9.88 Å². The molecular formula is C17H19N5O. The lowest BCUT2D eigenvalue weighted by Crippen LogP contribution is -2.25. The van der Waals surface area contributed by atoms with Crippen molar-refractivity contribution in [3.8, 4) is 12.1 Å². The van der Waals surface area contributed by atoms with E-state index < -0.39 is 0 Å². The first-order valence-corrected chi connectivity index (χ1v) is 8.00. The van der Waals surface area contributed by atoms with Crippen molar-refractivity contribution in [1.29, 1.82) is 10.5 Å². The number of fused-ring (bicyclic) bond motifs is 1. The average molecular weight is 309 g/mol. The molecule has 1 fully saturated rings. The second-order valence-corrected chi connectivity index (χ2v) is 6.18. The molecule has 118 valence electrons. The molecule has 1 saturated heterocycles. The van der Waals surface area contributed by atoms with Gasteiger partial charge >= 0.3 is 0 Å². The lowest BCUT2D eigenvalue weighted by atomic mass is 9.91. The van der Waals surface area contributed by atoms with Crippen LogP contribution >= 0.6 is 0 Å². The van der Waals surface area contributed by atoms with E-state index in [1.807, 2.05) is 0 Å². The predicted molar refractivity (Wildman–Crippen MR) is 84.5 cm³/mol. The van der Waals surface area contributed by atoms with Gasteiger partial charge in [0.15, 0.2) is 0 Å². The number of anilines is 1. The normalized spacial score (nSPS) is 18.0. The monoisotopic (exact) mass is 309 g/mol. The number of nitrogens with zero attached hydrogens (tertiary/aromatic N) is 5. The summed E-state index contributed by atoms with van der Waals surface area (Å²) in [7, 11) is 1.73. The van der Waals surface area contributed by atoms with E-state index in [-0.39, 0.29) is 12.5 Å². The Labute approximate surface area is 135 Å². The molecule has 0 radical (unpaired) electrons. The molecule has 0 N–H and O–H groups in total. The number of pyridine rings is 1. The molecule has 6 heteroatoms. The zero-order chi connectivity index (χ0) is 16.4. The molecular weight excluding hydrogens is 290 g/mol. The number of aromatic nitrogens is 1. The van der Waals surface area contributed by atoms with Gasteiger partial charge in [-0.05, 0) is 31.2 Å². The summed E-state index contributed by atoms with van der Waals surface area (Å²) < 4.78 is 0. The van der Waals surface area contributed by atoms with Gasteiger partial charge in [0, 0.05) is 12.7 Å². The Bertz CT molecular complexity index is 728. The van der Waals surface area contributed by atoms with Gasteiger partial charge in [-0.1, -0.05) is 12.8 Å². The number of rotatable bonds is 1. The first kappa shape index (κ1) is 15.3. The minimum atomic E-state index is 0.000871. The first-order chi connectivity index (χ1) is 11.2. The highest BCUT2D eigenvalue weighted by Crippen LogP contribution is 2.30. The fourth-order valence-electron chi connectivity index (χ4n) is 3.35. The van der Waals surface area contributed by atoms with Crippen LogP contribution in [0.2, 0.25) is 0 Å². The van der Waals surface area contributed by atoms with Crippen LogP contribution in [0.15, 0.2) is 0 Å². The maximum Gasteiger partial charge on any atom is 0.243 e. The smallest absolute Gasteiger partial charge is 0.243 e. The molecule has 0 atom stereocenters. The summed E-state index contributed by atoms with van der Waals surface area (Å²) in [5.74, 6) is 0.488. The highest BCUT2D eigenvalue weighted by Gasteiger charge is 2.30. The van der Waals surface area contributed by atoms with Crippen LogP contribution in [-0.4, -0.2) is 36.1 Å². The SMILES string of the molecule is CN1CN(c2nc3c(c(C#N)c2C#N)CCCCCC3)CC1=O. The van der Waals surface area contributed by atoms with E-state index in [0.29, 0.717) is 23.6 Å². The summed E-state index contributed by atoms with van der Waals surface area (Å²) in [6.45, 7) is 0.617. The van der Waals surface area contributed by atoms with Gasteiger partial charge in [-0.2, -0.15) is 10.5 Å². The van der Waals surface area contributed by atoms with Gasteiger partial charge in [-0.15, -0.1) is 0 Å². The zero-order valence-corrected chi connectivity index (χ0v) is 13.3. The van der Waals surface area contributed by atoms with Crippen LogP contribution in [0.25, 0.3) is 0 Å². The summed E-state index contributed by atoms with van der Waals surface area (Å²) in [6, 6.07) is 4.37. The van der Waals surface area contributed by atoms with Gasteiger partial charge in [-0.25, -0.2) is 4.98 Å². The van der Waals surface area contributed by atoms with Gasteiger partial charge in [0.25, 0.3) is 0 Å². The Morgan fingerprint density at radius 3 is 2.35 bits per heavy atom. The van der Waals surface area contributed by atoms with E-state index in [9.17, 15) is 15.3 Å². The number of carbonyl (C=O) groups is 1. The Balaban J connectivity index is 2.13. The molecule has 23 heavy (non-hydrogen) atoms. The Kier molecular flexibility index (Phi) is 4.16. The lowest BCUT2D eigenvalue weighted by Gasteiger charge is -2.22. The maximum atomic E-state index is 11.8. The molecule has 2 heterocycles. The van der Waals surface area contributed by atoms with Crippen molar-refractivity contribution in [3.05, 3.63) is 22.4 Å². The summed E-state index contributed by atoms with van der Waals surface area (Å²) in [5.41, 5.74) is 2.63. The topological polar surface area (TPSA) is 84.0 Å². The third kappa shape index (κ3) is 2.73. The van der Waals surface area contributed by atoms with E-state index in [0.717, 1.165) is 43.4 Å².